The molecule has 16 heavy (non-hydrogen) atoms. The molecular formula is C12H14N2O2. The summed E-state index contributed by atoms with van der Waals surface area (Å²) in [7, 11) is 0. The molecule has 2 N–H and O–H groups in total. The number of hydrogen-bond acceptors (Lipinski definition) is 4. The molecular weight excluding hydrogens is 204 g/mol. The summed E-state index contributed by atoms with van der Waals surface area (Å²) in [4.78, 5) is 0. The molecule has 0 unspecified atom stereocenters. The van der Waals surface area contributed by atoms with Crippen molar-refractivity contribution in [2.24, 2.45) is 0 Å². The minimum absolute atomic E-state index is 0.125. The first-order valence-corrected chi connectivity index (χ1v) is 5.23. The molecule has 1 aromatic heterocycles. The normalized spacial score (nSPS) is 10.6. The molecule has 0 aliphatic rings. The highest BCUT2D eigenvalue weighted by atomic mass is 16.5. The van der Waals surface area contributed by atoms with Gasteiger partial charge < -0.3 is 14.9 Å². The Kier molecular flexibility index (Phi) is 3.69. The molecule has 2 aromatic rings. The molecule has 0 aliphatic carbocycles. The van der Waals surface area contributed by atoms with Crippen molar-refractivity contribution in [3.63, 3.8) is 0 Å². The molecule has 1 aromatic carbocycles. The van der Waals surface area contributed by atoms with Crippen molar-refractivity contribution in [3.8, 4) is 11.3 Å². The molecule has 0 atom stereocenters. The number of benzene rings is 1. The zero-order valence-electron chi connectivity index (χ0n) is 8.89. The van der Waals surface area contributed by atoms with Crippen molar-refractivity contribution in [1.82, 2.24) is 10.5 Å². The molecule has 84 valence electrons. The second-order valence-electron chi connectivity index (χ2n) is 3.44. The molecule has 0 bridgehead atoms. The Bertz CT molecular complexity index is 426. The first-order valence-electron chi connectivity index (χ1n) is 5.23. The summed E-state index contributed by atoms with van der Waals surface area (Å²) in [6.07, 6.45) is 0. The average molecular weight is 218 g/mol. The minimum atomic E-state index is 0.125. The predicted molar refractivity (Wildman–Crippen MR) is 60.7 cm³/mol. The molecule has 0 radical (unpaired) electrons. The van der Waals surface area contributed by atoms with E-state index in [-0.39, 0.29) is 6.61 Å². The van der Waals surface area contributed by atoms with Gasteiger partial charge in [0.15, 0.2) is 5.76 Å². The quantitative estimate of drug-likeness (QED) is 0.745. The molecule has 2 rings (SSSR count). The van der Waals surface area contributed by atoms with Crippen LogP contribution in [0.2, 0.25) is 0 Å². The smallest absolute Gasteiger partial charge is 0.151 e. The monoisotopic (exact) mass is 218 g/mol. The van der Waals surface area contributed by atoms with Gasteiger partial charge in [-0.1, -0.05) is 35.5 Å². The zero-order valence-corrected chi connectivity index (χ0v) is 8.89. The summed E-state index contributed by atoms with van der Waals surface area (Å²) in [6, 6.07) is 11.8. The predicted octanol–water partition coefficient (Wildman–Crippen LogP) is 1.42. The van der Waals surface area contributed by atoms with E-state index >= 15 is 0 Å². The Morgan fingerprint density at radius 3 is 2.81 bits per heavy atom. The van der Waals surface area contributed by atoms with Crippen LogP contribution in [-0.4, -0.2) is 23.4 Å². The lowest BCUT2D eigenvalue weighted by atomic mass is 10.1. The minimum Gasteiger partial charge on any atom is -0.395 e. The van der Waals surface area contributed by atoms with Gasteiger partial charge in [-0.2, -0.15) is 0 Å². The fourth-order valence-electron chi connectivity index (χ4n) is 1.43. The number of rotatable bonds is 5. The fourth-order valence-corrected chi connectivity index (χ4v) is 1.43. The van der Waals surface area contributed by atoms with Gasteiger partial charge in [-0.15, -0.1) is 0 Å². The van der Waals surface area contributed by atoms with Gasteiger partial charge >= 0.3 is 0 Å². The van der Waals surface area contributed by atoms with Gasteiger partial charge in [0.05, 0.1) is 13.2 Å². The number of hydrogen-bond donors (Lipinski definition) is 2. The van der Waals surface area contributed by atoms with E-state index in [4.69, 9.17) is 9.63 Å². The van der Waals surface area contributed by atoms with E-state index < -0.39 is 0 Å². The van der Waals surface area contributed by atoms with Crippen molar-refractivity contribution in [1.29, 1.82) is 0 Å². The van der Waals surface area contributed by atoms with Crippen molar-refractivity contribution < 1.29 is 9.63 Å². The number of aliphatic hydroxyl groups excluding tert-OH is 1. The summed E-state index contributed by atoms with van der Waals surface area (Å²) >= 11 is 0. The molecule has 4 heteroatoms. The molecule has 0 saturated carbocycles. The highest BCUT2D eigenvalue weighted by Crippen LogP contribution is 2.18. The van der Waals surface area contributed by atoms with Gasteiger partial charge in [0.25, 0.3) is 0 Å². The second-order valence-corrected chi connectivity index (χ2v) is 3.44. The molecule has 0 fully saturated rings. The number of aromatic nitrogens is 1. The van der Waals surface area contributed by atoms with Gasteiger partial charge in [-0.3, -0.25) is 0 Å². The number of nitrogens with one attached hydrogen (secondary N) is 1. The fraction of sp³-hybridized carbons (Fsp3) is 0.250. The molecule has 1 heterocycles. The first-order chi connectivity index (χ1) is 7.90. The van der Waals surface area contributed by atoms with Gasteiger partial charge in [-0.05, 0) is 0 Å². The van der Waals surface area contributed by atoms with Crippen LogP contribution in [0.25, 0.3) is 11.3 Å². The topological polar surface area (TPSA) is 58.3 Å². The van der Waals surface area contributed by atoms with Gasteiger partial charge in [0, 0.05) is 18.2 Å². The summed E-state index contributed by atoms with van der Waals surface area (Å²) < 4.78 is 5.17. The van der Waals surface area contributed by atoms with Crippen molar-refractivity contribution in [3.05, 3.63) is 42.2 Å². The van der Waals surface area contributed by atoms with E-state index in [1.165, 1.54) is 0 Å². The van der Waals surface area contributed by atoms with E-state index in [0.717, 1.165) is 17.0 Å². The molecule has 0 amide bonds. The molecule has 0 spiro atoms. The molecule has 0 saturated heterocycles. The van der Waals surface area contributed by atoms with Gasteiger partial charge in [0.1, 0.15) is 5.69 Å². The van der Waals surface area contributed by atoms with Gasteiger partial charge in [0.2, 0.25) is 0 Å². The lowest BCUT2D eigenvalue weighted by Crippen LogP contribution is -2.16. The van der Waals surface area contributed by atoms with E-state index in [2.05, 4.69) is 10.5 Å². The van der Waals surface area contributed by atoms with Gasteiger partial charge in [-0.25, -0.2) is 0 Å². The Balaban J connectivity index is 2.02. The van der Waals surface area contributed by atoms with Crippen molar-refractivity contribution in [2.75, 3.05) is 13.2 Å². The van der Waals surface area contributed by atoms with Crippen LogP contribution in [0.15, 0.2) is 40.9 Å². The van der Waals surface area contributed by atoms with Crippen LogP contribution in [0.3, 0.4) is 0 Å². The molecule has 4 nitrogen and oxygen atoms in total. The summed E-state index contributed by atoms with van der Waals surface area (Å²) in [5.41, 5.74) is 1.88. The SMILES string of the molecule is OCCNCc1cc(-c2ccccc2)no1. The Morgan fingerprint density at radius 2 is 2.06 bits per heavy atom. The largest absolute Gasteiger partial charge is 0.395 e. The maximum atomic E-state index is 8.62. The lowest BCUT2D eigenvalue weighted by molar-refractivity contribution is 0.287. The average Bonchev–Trinajstić information content (AvgIpc) is 2.79. The first kappa shape index (κ1) is 10.9. The van der Waals surface area contributed by atoms with Crippen LogP contribution >= 0.6 is 0 Å². The van der Waals surface area contributed by atoms with E-state index in [1.807, 2.05) is 36.4 Å². The third kappa shape index (κ3) is 2.68. The summed E-state index contributed by atoms with van der Waals surface area (Å²) in [5.74, 6) is 0.771. The standard InChI is InChI=1S/C12H14N2O2/c15-7-6-13-9-11-8-12(14-16-11)10-4-2-1-3-5-10/h1-5,8,13,15H,6-7,9H2. The summed E-state index contributed by atoms with van der Waals surface area (Å²) in [5, 5.41) is 15.6. The zero-order chi connectivity index (χ0) is 11.2. The maximum absolute atomic E-state index is 8.62. The Labute approximate surface area is 93.9 Å². The Morgan fingerprint density at radius 1 is 1.25 bits per heavy atom. The van der Waals surface area contributed by atoms with Crippen LogP contribution in [0, 0.1) is 0 Å². The van der Waals surface area contributed by atoms with Crippen LogP contribution < -0.4 is 5.32 Å². The highest BCUT2D eigenvalue weighted by Gasteiger charge is 2.05. The van der Waals surface area contributed by atoms with Crippen LogP contribution in [0.5, 0.6) is 0 Å². The maximum Gasteiger partial charge on any atom is 0.151 e. The van der Waals surface area contributed by atoms with Crippen LogP contribution in [0.1, 0.15) is 5.76 Å². The van der Waals surface area contributed by atoms with Crippen molar-refractivity contribution in [2.45, 2.75) is 6.54 Å². The third-order valence-corrected chi connectivity index (χ3v) is 2.22. The third-order valence-electron chi connectivity index (χ3n) is 2.22. The van der Waals surface area contributed by atoms with E-state index in [1.54, 1.807) is 0 Å². The van der Waals surface area contributed by atoms with Crippen LogP contribution in [0.4, 0.5) is 0 Å². The number of nitrogens with zero attached hydrogens (tertiary/aromatic N) is 1. The summed E-state index contributed by atoms with van der Waals surface area (Å²) in [6.45, 7) is 1.27. The highest BCUT2D eigenvalue weighted by molar-refractivity contribution is 5.58. The molecule has 0 aliphatic heterocycles. The van der Waals surface area contributed by atoms with E-state index in [9.17, 15) is 0 Å². The second kappa shape index (κ2) is 5.44. The van der Waals surface area contributed by atoms with Crippen molar-refractivity contribution >= 4 is 0 Å². The van der Waals surface area contributed by atoms with Crippen LogP contribution in [-0.2, 0) is 6.54 Å². The number of aliphatic hydroxyl groups is 1. The van der Waals surface area contributed by atoms with E-state index in [0.29, 0.717) is 13.1 Å². The lowest BCUT2D eigenvalue weighted by Gasteiger charge is -1.96. The Hall–Kier alpha value is -1.65.